The van der Waals surface area contributed by atoms with Crippen LogP contribution in [0.15, 0.2) is 42.6 Å². The number of hydrogen-bond acceptors (Lipinski definition) is 2. The molecule has 0 saturated carbocycles. The minimum Gasteiger partial charge on any atom is -0.342 e. The van der Waals surface area contributed by atoms with Crippen LogP contribution < -0.4 is 0 Å². The third-order valence-electron chi connectivity index (χ3n) is 2.84. The van der Waals surface area contributed by atoms with Crippen LogP contribution in [0.25, 0.3) is 22.3 Å². The minimum absolute atomic E-state index is 0.744. The van der Waals surface area contributed by atoms with Crippen molar-refractivity contribution in [2.75, 3.05) is 0 Å². The minimum atomic E-state index is 0.744. The van der Waals surface area contributed by atoms with Crippen molar-refractivity contribution in [2.45, 2.75) is 0 Å². The summed E-state index contributed by atoms with van der Waals surface area (Å²) in [5, 5.41) is 9.88. The van der Waals surface area contributed by atoms with E-state index < -0.39 is 0 Å². The molecule has 0 unspecified atom stereocenters. The second-order valence-corrected chi connectivity index (χ2v) is 4.34. The summed E-state index contributed by atoms with van der Waals surface area (Å²) in [7, 11) is 2.01. The van der Waals surface area contributed by atoms with E-state index in [2.05, 4.69) is 20.8 Å². The van der Waals surface area contributed by atoms with Crippen LogP contribution in [0.2, 0.25) is 5.02 Å². The molecule has 0 fully saturated rings. The van der Waals surface area contributed by atoms with E-state index in [0.29, 0.717) is 0 Å². The van der Waals surface area contributed by atoms with Crippen LogP contribution in [0.3, 0.4) is 0 Å². The Morgan fingerprint density at radius 3 is 2.82 bits per heavy atom. The Kier molecular flexibility index (Phi) is 2.34. The maximum Gasteiger partial charge on any atom is 0.109 e. The van der Waals surface area contributed by atoms with E-state index in [1.165, 1.54) is 0 Å². The smallest absolute Gasteiger partial charge is 0.109 e. The summed E-state index contributed by atoms with van der Waals surface area (Å²) in [5.41, 5.74) is 3.03. The lowest BCUT2D eigenvalue weighted by Gasteiger charge is -2.02. The van der Waals surface area contributed by atoms with Crippen LogP contribution >= 0.6 is 11.6 Å². The molecule has 0 amide bonds. The molecule has 0 bridgehead atoms. The highest BCUT2D eigenvalue weighted by atomic mass is 35.5. The van der Waals surface area contributed by atoms with Gasteiger partial charge in [0, 0.05) is 29.2 Å². The summed E-state index contributed by atoms with van der Waals surface area (Å²) >= 11 is 5.99. The highest BCUT2D eigenvalue weighted by Gasteiger charge is 2.08. The van der Waals surface area contributed by atoms with Crippen molar-refractivity contribution in [3.8, 4) is 11.4 Å². The number of halogens is 1. The van der Waals surface area contributed by atoms with Crippen LogP contribution in [0.4, 0.5) is 0 Å². The standard InChI is InChI=1S/C13H10ClN3/c1-17-12-5-4-10(14)7-9(12)8-13(17)11-3-2-6-15-16-11/h2-8H,1H3. The molecule has 2 aromatic heterocycles. The Labute approximate surface area is 104 Å². The summed E-state index contributed by atoms with van der Waals surface area (Å²) in [4.78, 5) is 0. The lowest BCUT2D eigenvalue weighted by Crippen LogP contribution is -1.93. The fourth-order valence-corrected chi connectivity index (χ4v) is 2.18. The molecule has 0 aliphatic rings. The number of hydrogen-bond donors (Lipinski definition) is 0. The van der Waals surface area contributed by atoms with E-state index in [1.807, 2.05) is 37.4 Å². The number of benzene rings is 1. The second kappa shape index (κ2) is 3.86. The van der Waals surface area contributed by atoms with Gasteiger partial charge in [0.2, 0.25) is 0 Å². The Morgan fingerprint density at radius 1 is 1.18 bits per heavy atom. The quantitative estimate of drug-likeness (QED) is 0.657. The molecule has 2 heterocycles. The fraction of sp³-hybridized carbons (Fsp3) is 0.0769. The van der Waals surface area contributed by atoms with E-state index in [4.69, 9.17) is 11.6 Å². The first kappa shape index (κ1) is 10.3. The van der Waals surface area contributed by atoms with Gasteiger partial charge in [-0.15, -0.1) is 5.10 Å². The Morgan fingerprint density at radius 2 is 2.06 bits per heavy atom. The number of aromatic nitrogens is 3. The third kappa shape index (κ3) is 1.68. The first-order valence-corrected chi connectivity index (χ1v) is 5.66. The number of nitrogens with zero attached hydrogens (tertiary/aromatic N) is 3. The van der Waals surface area contributed by atoms with Gasteiger partial charge in [0.1, 0.15) is 5.69 Å². The van der Waals surface area contributed by atoms with E-state index in [-0.39, 0.29) is 0 Å². The van der Waals surface area contributed by atoms with Crippen molar-refractivity contribution >= 4 is 22.5 Å². The van der Waals surface area contributed by atoms with Crippen LogP contribution in [0.5, 0.6) is 0 Å². The van der Waals surface area contributed by atoms with Gasteiger partial charge in [-0.1, -0.05) is 11.6 Å². The molecule has 84 valence electrons. The maximum atomic E-state index is 5.99. The lowest BCUT2D eigenvalue weighted by molar-refractivity contribution is 0.949. The molecule has 0 aliphatic carbocycles. The van der Waals surface area contributed by atoms with Crippen molar-refractivity contribution in [1.82, 2.24) is 14.8 Å². The van der Waals surface area contributed by atoms with Crippen LogP contribution in [-0.4, -0.2) is 14.8 Å². The number of fused-ring (bicyclic) bond motifs is 1. The van der Waals surface area contributed by atoms with Crippen LogP contribution in [0, 0.1) is 0 Å². The van der Waals surface area contributed by atoms with Crippen molar-refractivity contribution in [2.24, 2.45) is 7.05 Å². The zero-order chi connectivity index (χ0) is 11.8. The van der Waals surface area contributed by atoms with Crippen molar-refractivity contribution in [1.29, 1.82) is 0 Å². The second-order valence-electron chi connectivity index (χ2n) is 3.90. The van der Waals surface area contributed by atoms with Gasteiger partial charge in [0.15, 0.2) is 0 Å². The molecular weight excluding hydrogens is 234 g/mol. The molecule has 0 spiro atoms. The monoisotopic (exact) mass is 243 g/mol. The van der Waals surface area contributed by atoms with Gasteiger partial charge in [0.25, 0.3) is 0 Å². The first-order valence-electron chi connectivity index (χ1n) is 5.29. The van der Waals surface area contributed by atoms with Crippen molar-refractivity contribution in [3.05, 3.63) is 47.6 Å². The molecule has 0 N–H and O–H groups in total. The Balaban J connectivity index is 2.28. The van der Waals surface area contributed by atoms with Crippen molar-refractivity contribution < 1.29 is 0 Å². The predicted octanol–water partition coefficient (Wildman–Crippen LogP) is 3.29. The van der Waals surface area contributed by atoms with Gasteiger partial charge < -0.3 is 4.57 Å². The maximum absolute atomic E-state index is 5.99. The van der Waals surface area contributed by atoms with Gasteiger partial charge in [0.05, 0.1) is 5.69 Å². The van der Waals surface area contributed by atoms with E-state index in [1.54, 1.807) is 6.20 Å². The van der Waals surface area contributed by atoms with Gasteiger partial charge in [-0.05, 0) is 36.4 Å². The summed E-state index contributed by atoms with van der Waals surface area (Å²) in [6.45, 7) is 0. The summed E-state index contributed by atoms with van der Waals surface area (Å²) in [6.07, 6.45) is 1.67. The van der Waals surface area contributed by atoms with Gasteiger partial charge in [-0.25, -0.2) is 0 Å². The van der Waals surface area contributed by atoms with Gasteiger partial charge >= 0.3 is 0 Å². The van der Waals surface area contributed by atoms with Gasteiger partial charge in [-0.3, -0.25) is 0 Å². The fourth-order valence-electron chi connectivity index (χ4n) is 2.00. The molecule has 0 saturated heterocycles. The number of rotatable bonds is 1. The van der Waals surface area contributed by atoms with Crippen LogP contribution in [-0.2, 0) is 7.05 Å². The topological polar surface area (TPSA) is 30.7 Å². The molecular formula is C13H10ClN3. The molecule has 0 radical (unpaired) electrons. The molecule has 3 nitrogen and oxygen atoms in total. The Bertz CT molecular complexity index is 674. The molecule has 0 atom stereocenters. The molecule has 17 heavy (non-hydrogen) atoms. The number of aryl methyl sites for hydroxylation is 1. The van der Waals surface area contributed by atoms with E-state index in [9.17, 15) is 0 Å². The first-order chi connectivity index (χ1) is 8.25. The summed E-state index contributed by atoms with van der Waals surface area (Å²) < 4.78 is 2.09. The van der Waals surface area contributed by atoms with Crippen LogP contribution in [0.1, 0.15) is 0 Å². The normalized spacial score (nSPS) is 10.9. The summed E-state index contributed by atoms with van der Waals surface area (Å²) in [5.74, 6) is 0. The predicted molar refractivity (Wildman–Crippen MR) is 69.0 cm³/mol. The van der Waals surface area contributed by atoms with Crippen molar-refractivity contribution in [3.63, 3.8) is 0 Å². The zero-order valence-electron chi connectivity index (χ0n) is 9.26. The molecule has 3 rings (SSSR count). The molecule has 4 heteroatoms. The zero-order valence-corrected chi connectivity index (χ0v) is 10.0. The van der Waals surface area contributed by atoms with Gasteiger partial charge in [-0.2, -0.15) is 5.10 Å². The third-order valence-corrected chi connectivity index (χ3v) is 3.07. The largest absolute Gasteiger partial charge is 0.342 e. The molecule has 0 aliphatic heterocycles. The Hall–Kier alpha value is -1.87. The molecule has 1 aromatic carbocycles. The highest BCUT2D eigenvalue weighted by molar-refractivity contribution is 6.31. The van der Waals surface area contributed by atoms with E-state index in [0.717, 1.165) is 27.3 Å². The van der Waals surface area contributed by atoms with E-state index >= 15 is 0 Å². The average molecular weight is 244 g/mol. The summed E-state index contributed by atoms with van der Waals surface area (Å²) in [6, 6.07) is 11.8. The average Bonchev–Trinajstić information content (AvgIpc) is 2.67. The highest BCUT2D eigenvalue weighted by Crippen LogP contribution is 2.27. The SMILES string of the molecule is Cn1c(-c2cccnn2)cc2cc(Cl)ccc21. The molecule has 3 aromatic rings. The lowest BCUT2D eigenvalue weighted by atomic mass is 10.2.